The molecule has 0 aromatic heterocycles. The van der Waals surface area contributed by atoms with Crippen LogP contribution in [-0.2, 0) is 0 Å². The molecule has 4 rings (SSSR count). The zero-order valence-electron chi connectivity index (χ0n) is 9.39. The van der Waals surface area contributed by atoms with E-state index in [0.29, 0.717) is 0 Å². The van der Waals surface area contributed by atoms with Gasteiger partial charge in [0.15, 0.2) is 0 Å². The van der Waals surface area contributed by atoms with Crippen molar-refractivity contribution in [2.75, 3.05) is 0 Å². The van der Waals surface area contributed by atoms with Gasteiger partial charge in [0.2, 0.25) is 0 Å². The first-order valence-electron chi connectivity index (χ1n) is 5.39. The third-order valence-electron chi connectivity index (χ3n) is 3.37. The van der Waals surface area contributed by atoms with E-state index in [1.165, 1.54) is 38.9 Å². The second-order valence-electron chi connectivity index (χ2n) is 4.51. The summed E-state index contributed by atoms with van der Waals surface area (Å²) >= 11 is 0. The highest BCUT2D eigenvalue weighted by Gasteiger charge is 2.15. The fourth-order valence-electron chi connectivity index (χ4n) is 2.63. The molecule has 0 heteroatoms. The third kappa shape index (κ3) is 1.08. The molecule has 0 atom stereocenters. The van der Waals surface area contributed by atoms with E-state index in [2.05, 4.69) is 51.1 Å². The van der Waals surface area contributed by atoms with E-state index in [0.717, 1.165) is 0 Å². The number of hydrogen-bond donors (Lipinski definition) is 0. The molecule has 0 fully saturated rings. The summed E-state index contributed by atoms with van der Waals surface area (Å²) in [7, 11) is 0. The zero-order valence-corrected chi connectivity index (χ0v) is 9.39. The molecule has 2 aliphatic rings. The molecule has 0 unspecified atom stereocenters. The summed E-state index contributed by atoms with van der Waals surface area (Å²) in [5.74, 6) is 0. The molecule has 0 aliphatic heterocycles. The smallest absolute Gasteiger partial charge is 0.0122 e. The number of benzene rings is 2. The van der Waals surface area contributed by atoms with Crippen molar-refractivity contribution < 1.29 is 0 Å². The molecule has 0 radical (unpaired) electrons. The van der Waals surface area contributed by atoms with Gasteiger partial charge in [-0.05, 0) is 65.8 Å². The summed E-state index contributed by atoms with van der Waals surface area (Å²) in [6, 6.07) is 11.4. The van der Waals surface area contributed by atoms with Gasteiger partial charge in [-0.1, -0.05) is 24.3 Å². The van der Waals surface area contributed by atoms with Gasteiger partial charge in [0, 0.05) is 0 Å². The standard InChI is InChI=1S/C15H14/c1-9-4-5-12-8-14(9)15-10(2)6-13(12)7-11(15)3/h4-8H,1-3H3. The fraction of sp³-hybridized carbons (Fsp3) is 0.200. The minimum Gasteiger partial charge on any atom is -0.0581 e. The lowest BCUT2D eigenvalue weighted by molar-refractivity contribution is 1.38. The van der Waals surface area contributed by atoms with E-state index in [4.69, 9.17) is 0 Å². The van der Waals surface area contributed by atoms with Crippen molar-refractivity contribution in [3.63, 3.8) is 0 Å². The van der Waals surface area contributed by atoms with Gasteiger partial charge in [-0.3, -0.25) is 0 Å². The van der Waals surface area contributed by atoms with Gasteiger partial charge in [-0.15, -0.1) is 0 Å². The maximum atomic E-state index is 2.32. The Labute approximate surface area is 90.6 Å². The molecule has 0 N–H and O–H groups in total. The molecular formula is C15H14. The van der Waals surface area contributed by atoms with E-state index in [9.17, 15) is 0 Å². The minimum atomic E-state index is 1.35. The number of rotatable bonds is 0. The monoisotopic (exact) mass is 194 g/mol. The Bertz CT molecular complexity index is 539. The van der Waals surface area contributed by atoms with Crippen LogP contribution in [0.4, 0.5) is 0 Å². The van der Waals surface area contributed by atoms with Gasteiger partial charge in [-0.2, -0.15) is 0 Å². The lowest BCUT2D eigenvalue weighted by Gasteiger charge is -2.09. The summed E-state index contributed by atoms with van der Waals surface area (Å²) in [5, 5.41) is 0. The Morgan fingerprint density at radius 1 is 0.667 bits per heavy atom. The maximum absolute atomic E-state index is 2.32. The van der Waals surface area contributed by atoms with Gasteiger partial charge in [0.05, 0.1) is 0 Å². The molecule has 0 saturated carbocycles. The average Bonchev–Trinajstić information content (AvgIpc) is 2.36. The van der Waals surface area contributed by atoms with E-state index in [1.54, 1.807) is 0 Å². The minimum absolute atomic E-state index is 1.35. The van der Waals surface area contributed by atoms with Gasteiger partial charge in [0.25, 0.3) is 0 Å². The highest BCUT2D eigenvalue weighted by Crippen LogP contribution is 2.39. The lowest BCUT2D eigenvalue weighted by atomic mass is 9.95. The van der Waals surface area contributed by atoms with E-state index in [-0.39, 0.29) is 0 Å². The average molecular weight is 194 g/mol. The van der Waals surface area contributed by atoms with Crippen molar-refractivity contribution in [2.45, 2.75) is 20.8 Å². The van der Waals surface area contributed by atoms with Crippen LogP contribution in [-0.4, -0.2) is 0 Å². The van der Waals surface area contributed by atoms with E-state index < -0.39 is 0 Å². The van der Waals surface area contributed by atoms with Gasteiger partial charge >= 0.3 is 0 Å². The molecular weight excluding hydrogens is 180 g/mol. The Balaban J connectivity index is 2.54. The number of aryl methyl sites for hydroxylation is 3. The van der Waals surface area contributed by atoms with Crippen LogP contribution in [0.15, 0.2) is 30.3 Å². The second kappa shape index (κ2) is 2.73. The topological polar surface area (TPSA) is 0 Å². The zero-order chi connectivity index (χ0) is 10.6. The molecule has 0 spiro atoms. The van der Waals surface area contributed by atoms with Crippen molar-refractivity contribution >= 4 is 0 Å². The second-order valence-corrected chi connectivity index (χ2v) is 4.51. The first kappa shape index (κ1) is 8.72. The molecule has 4 bridgehead atoms. The molecule has 2 aromatic rings. The van der Waals surface area contributed by atoms with Gasteiger partial charge < -0.3 is 0 Å². The predicted octanol–water partition coefficient (Wildman–Crippen LogP) is 4.26. The van der Waals surface area contributed by atoms with Crippen LogP contribution in [0, 0.1) is 20.8 Å². The summed E-state index contributed by atoms with van der Waals surface area (Å²) in [5.41, 5.74) is 9.70. The molecule has 0 heterocycles. The first-order chi connectivity index (χ1) is 7.16. The molecule has 0 amide bonds. The highest BCUT2D eigenvalue weighted by molar-refractivity contribution is 5.85. The first-order valence-corrected chi connectivity index (χ1v) is 5.39. The normalized spacial score (nSPS) is 11.7. The lowest BCUT2D eigenvalue weighted by Crippen LogP contribution is -1.87. The van der Waals surface area contributed by atoms with Crippen LogP contribution >= 0.6 is 0 Å². The van der Waals surface area contributed by atoms with E-state index in [1.807, 2.05) is 0 Å². The van der Waals surface area contributed by atoms with Crippen LogP contribution in [0.5, 0.6) is 0 Å². The van der Waals surface area contributed by atoms with Crippen LogP contribution in [0.25, 0.3) is 22.3 Å². The van der Waals surface area contributed by atoms with Crippen LogP contribution < -0.4 is 0 Å². The van der Waals surface area contributed by atoms with E-state index >= 15 is 0 Å². The van der Waals surface area contributed by atoms with Gasteiger partial charge in [-0.25, -0.2) is 0 Å². The SMILES string of the molecule is Cc1ccc2cc1-c1c(C)cc-2cc1C. The molecule has 74 valence electrons. The highest BCUT2D eigenvalue weighted by atomic mass is 14.2. The molecule has 2 aromatic carbocycles. The van der Waals surface area contributed by atoms with Crippen molar-refractivity contribution in [3.05, 3.63) is 47.0 Å². The van der Waals surface area contributed by atoms with Crippen LogP contribution in [0.2, 0.25) is 0 Å². The van der Waals surface area contributed by atoms with Crippen molar-refractivity contribution in [1.29, 1.82) is 0 Å². The summed E-state index contributed by atoms with van der Waals surface area (Å²) in [6.45, 7) is 6.61. The summed E-state index contributed by atoms with van der Waals surface area (Å²) in [6.07, 6.45) is 0. The molecule has 2 aliphatic carbocycles. The van der Waals surface area contributed by atoms with Crippen LogP contribution in [0.3, 0.4) is 0 Å². The van der Waals surface area contributed by atoms with Crippen molar-refractivity contribution in [3.8, 4) is 22.3 Å². The maximum Gasteiger partial charge on any atom is -0.0122 e. The van der Waals surface area contributed by atoms with Crippen molar-refractivity contribution in [1.82, 2.24) is 0 Å². The quantitative estimate of drug-likeness (QED) is 0.501. The largest absolute Gasteiger partial charge is 0.0581 e. The Morgan fingerprint density at radius 2 is 1.33 bits per heavy atom. The third-order valence-corrected chi connectivity index (χ3v) is 3.37. The Hall–Kier alpha value is -1.56. The Morgan fingerprint density at radius 3 is 2.00 bits per heavy atom. The van der Waals surface area contributed by atoms with Crippen LogP contribution in [0.1, 0.15) is 16.7 Å². The summed E-state index contributed by atoms with van der Waals surface area (Å²) in [4.78, 5) is 0. The molecule has 15 heavy (non-hydrogen) atoms. The van der Waals surface area contributed by atoms with Crippen molar-refractivity contribution in [2.24, 2.45) is 0 Å². The predicted molar refractivity (Wildman–Crippen MR) is 65.1 cm³/mol. The number of hydrogen-bond acceptors (Lipinski definition) is 0. The fourth-order valence-corrected chi connectivity index (χ4v) is 2.63. The van der Waals surface area contributed by atoms with Gasteiger partial charge in [0.1, 0.15) is 0 Å². The molecule has 0 nitrogen and oxygen atoms in total. The Kier molecular flexibility index (Phi) is 1.59. The summed E-state index contributed by atoms with van der Waals surface area (Å²) < 4.78 is 0. The number of fused-ring (bicyclic) bond motifs is 2. The molecule has 0 saturated heterocycles.